The number of carbonyl (C=O) groups excluding carboxylic acids is 1. The van der Waals surface area contributed by atoms with Crippen LogP contribution in [-0.4, -0.2) is 37.5 Å². The van der Waals surface area contributed by atoms with Crippen molar-refractivity contribution in [2.24, 2.45) is 5.10 Å². The molecule has 0 N–H and O–H groups in total. The first-order valence-corrected chi connectivity index (χ1v) is 5.46. The van der Waals surface area contributed by atoms with Crippen molar-refractivity contribution in [1.29, 1.82) is 0 Å². The highest BCUT2D eigenvalue weighted by molar-refractivity contribution is 5.90. The number of nitrogens with zero attached hydrogens (tertiary/aromatic N) is 3. The Morgan fingerprint density at radius 3 is 2.71 bits per heavy atom. The van der Waals surface area contributed by atoms with Gasteiger partial charge in [-0.15, -0.1) is 5.10 Å². The van der Waals surface area contributed by atoms with Gasteiger partial charge in [-0.05, 0) is 12.1 Å². The predicted molar refractivity (Wildman–Crippen MR) is 66.0 cm³/mol. The van der Waals surface area contributed by atoms with Gasteiger partial charge in [-0.3, -0.25) is 5.01 Å². The van der Waals surface area contributed by atoms with Crippen molar-refractivity contribution in [3.63, 3.8) is 0 Å². The molecule has 0 aromatic heterocycles. The molecule has 0 radical (unpaired) electrons. The minimum absolute atomic E-state index is 0.390. The number of para-hydroxylation sites is 1. The number of amides is 1. The van der Waals surface area contributed by atoms with Gasteiger partial charge in [0.25, 0.3) is 0 Å². The molecule has 0 bridgehead atoms. The number of benzene rings is 1. The van der Waals surface area contributed by atoms with E-state index >= 15 is 0 Å². The number of ether oxygens (including phenoxy) is 1. The molecule has 1 aliphatic heterocycles. The third-order valence-corrected chi connectivity index (χ3v) is 2.39. The van der Waals surface area contributed by atoms with Crippen molar-refractivity contribution >= 4 is 17.7 Å². The van der Waals surface area contributed by atoms with E-state index in [1.165, 1.54) is 4.90 Å². The molecule has 1 heterocycles. The lowest BCUT2D eigenvalue weighted by Gasteiger charge is -2.12. The molecule has 0 saturated carbocycles. The van der Waals surface area contributed by atoms with Crippen molar-refractivity contribution in [2.75, 3.05) is 25.6 Å². The number of hydrogen-bond donors (Lipinski definition) is 0. The fourth-order valence-corrected chi connectivity index (χ4v) is 1.49. The first kappa shape index (κ1) is 11.4. The van der Waals surface area contributed by atoms with E-state index in [4.69, 9.17) is 4.74 Å². The Kier molecular flexibility index (Phi) is 3.27. The maximum absolute atomic E-state index is 11.3. The quantitative estimate of drug-likeness (QED) is 0.744. The maximum atomic E-state index is 11.3. The Hall–Kier alpha value is -2.04. The van der Waals surface area contributed by atoms with Crippen LogP contribution in [0.5, 0.6) is 0 Å². The van der Waals surface area contributed by atoms with Crippen LogP contribution in [0.3, 0.4) is 0 Å². The number of hydrogen-bond acceptors (Lipinski definition) is 4. The molecule has 5 heteroatoms. The molecule has 0 atom stereocenters. The normalized spacial score (nSPS) is 14.5. The second-order valence-corrected chi connectivity index (χ2v) is 3.96. The molecular formula is C12H15N3O2. The molecule has 0 unspecified atom stereocenters. The Labute approximate surface area is 100 Å². The summed E-state index contributed by atoms with van der Waals surface area (Å²) in [6, 6.07) is 9.81. The van der Waals surface area contributed by atoms with Crippen LogP contribution in [0.2, 0.25) is 0 Å². The summed E-state index contributed by atoms with van der Waals surface area (Å²) in [6.45, 7) is 0.736. The smallest absolute Gasteiger partial charge is 0.394 e. The first-order chi connectivity index (χ1) is 8.16. The number of carbonyl (C=O) groups is 1. The SMILES string of the molecule is CN(C)C(=O)OC1=NN(c2ccccc2)CC1. The van der Waals surface area contributed by atoms with Crippen LogP contribution in [0.25, 0.3) is 0 Å². The van der Waals surface area contributed by atoms with E-state index in [1.807, 2.05) is 35.3 Å². The van der Waals surface area contributed by atoms with Crippen molar-refractivity contribution in [1.82, 2.24) is 4.90 Å². The summed E-state index contributed by atoms with van der Waals surface area (Å²) in [6.07, 6.45) is 0.257. The summed E-state index contributed by atoms with van der Waals surface area (Å²) in [5, 5.41) is 6.09. The van der Waals surface area contributed by atoms with Crippen LogP contribution < -0.4 is 5.01 Å². The molecule has 0 fully saturated rings. The maximum Gasteiger partial charge on any atom is 0.415 e. The van der Waals surface area contributed by atoms with E-state index < -0.39 is 6.09 Å². The van der Waals surface area contributed by atoms with E-state index in [0.29, 0.717) is 12.3 Å². The monoisotopic (exact) mass is 233 g/mol. The summed E-state index contributed by atoms with van der Waals surface area (Å²) < 4.78 is 5.12. The van der Waals surface area contributed by atoms with Crippen molar-refractivity contribution in [2.45, 2.75) is 6.42 Å². The molecule has 0 aliphatic carbocycles. The van der Waals surface area contributed by atoms with Gasteiger partial charge in [-0.25, -0.2) is 4.79 Å². The standard InChI is InChI=1S/C12H15N3O2/c1-14(2)12(16)17-11-8-9-15(13-11)10-6-4-3-5-7-10/h3-7H,8-9H2,1-2H3. The van der Waals surface area contributed by atoms with Gasteiger partial charge in [0.2, 0.25) is 5.90 Å². The van der Waals surface area contributed by atoms with Crippen LogP contribution in [0.4, 0.5) is 10.5 Å². The van der Waals surface area contributed by atoms with Crippen molar-refractivity contribution in [3.05, 3.63) is 30.3 Å². The fourth-order valence-electron chi connectivity index (χ4n) is 1.49. The number of hydrazone groups is 1. The lowest BCUT2D eigenvalue weighted by Crippen LogP contribution is -2.25. The largest absolute Gasteiger partial charge is 0.415 e. The molecular weight excluding hydrogens is 218 g/mol. The average Bonchev–Trinajstić information content (AvgIpc) is 2.78. The third-order valence-electron chi connectivity index (χ3n) is 2.39. The summed E-state index contributed by atoms with van der Waals surface area (Å²) >= 11 is 0. The molecule has 1 aromatic rings. The summed E-state index contributed by atoms with van der Waals surface area (Å²) in [4.78, 5) is 12.7. The second-order valence-electron chi connectivity index (χ2n) is 3.96. The molecule has 90 valence electrons. The minimum atomic E-state index is -0.390. The highest BCUT2D eigenvalue weighted by Gasteiger charge is 2.19. The zero-order valence-electron chi connectivity index (χ0n) is 9.96. The number of rotatable bonds is 1. The zero-order chi connectivity index (χ0) is 12.3. The average molecular weight is 233 g/mol. The van der Waals surface area contributed by atoms with Gasteiger partial charge >= 0.3 is 6.09 Å². The Morgan fingerprint density at radius 1 is 1.35 bits per heavy atom. The van der Waals surface area contributed by atoms with Gasteiger partial charge < -0.3 is 9.64 Å². The van der Waals surface area contributed by atoms with Gasteiger partial charge in [0, 0.05) is 20.5 Å². The van der Waals surface area contributed by atoms with Gasteiger partial charge in [0.1, 0.15) is 0 Å². The highest BCUT2D eigenvalue weighted by Crippen LogP contribution is 2.18. The Morgan fingerprint density at radius 2 is 2.06 bits per heavy atom. The second kappa shape index (κ2) is 4.86. The van der Waals surface area contributed by atoms with Crippen molar-refractivity contribution < 1.29 is 9.53 Å². The van der Waals surface area contributed by atoms with E-state index in [2.05, 4.69) is 5.10 Å². The van der Waals surface area contributed by atoms with Gasteiger partial charge in [-0.1, -0.05) is 18.2 Å². The zero-order valence-corrected chi connectivity index (χ0v) is 9.96. The van der Waals surface area contributed by atoms with Crippen LogP contribution >= 0.6 is 0 Å². The fraction of sp³-hybridized carbons (Fsp3) is 0.333. The van der Waals surface area contributed by atoms with E-state index in [9.17, 15) is 4.79 Å². The highest BCUT2D eigenvalue weighted by atomic mass is 16.6. The van der Waals surface area contributed by atoms with Crippen LogP contribution in [0.1, 0.15) is 6.42 Å². The molecule has 17 heavy (non-hydrogen) atoms. The first-order valence-electron chi connectivity index (χ1n) is 5.46. The summed E-state index contributed by atoms with van der Waals surface area (Å²) in [5.74, 6) is 0.465. The van der Waals surface area contributed by atoms with Crippen molar-refractivity contribution in [3.8, 4) is 0 Å². The van der Waals surface area contributed by atoms with Gasteiger partial charge in [-0.2, -0.15) is 0 Å². The van der Waals surface area contributed by atoms with Gasteiger partial charge in [0.15, 0.2) is 0 Å². The molecule has 1 amide bonds. The minimum Gasteiger partial charge on any atom is -0.394 e. The number of anilines is 1. The lowest BCUT2D eigenvalue weighted by molar-refractivity contribution is 0.167. The summed E-state index contributed by atoms with van der Waals surface area (Å²) in [5.41, 5.74) is 1.00. The predicted octanol–water partition coefficient (Wildman–Crippen LogP) is 1.91. The molecule has 0 saturated heterocycles. The Balaban J connectivity index is 2.02. The van der Waals surface area contributed by atoms with Crippen LogP contribution in [0, 0.1) is 0 Å². The molecule has 5 nitrogen and oxygen atoms in total. The summed E-state index contributed by atoms with van der Waals surface area (Å²) in [7, 11) is 3.29. The third kappa shape index (κ3) is 2.75. The topological polar surface area (TPSA) is 45.1 Å². The molecule has 1 aromatic carbocycles. The lowest BCUT2D eigenvalue weighted by atomic mass is 10.3. The van der Waals surface area contributed by atoms with E-state index in [-0.39, 0.29) is 0 Å². The molecule has 0 spiro atoms. The molecule has 1 aliphatic rings. The van der Waals surface area contributed by atoms with Gasteiger partial charge in [0.05, 0.1) is 12.2 Å². The van der Waals surface area contributed by atoms with Crippen LogP contribution in [-0.2, 0) is 4.74 Å². The molecule has 2 rings (SSSR count). The van der Waals surface area contributed by atoms with Crippen LogP contribution in [0.15, 0.2) is 35.4 Å². The van der Waals surface area contributed by atoms with E-state index in [0.717, 1.165) is 12.2 Å². The van der Waals surface area contributed by atoms with E-state index in [1.54, 1.807) is 14.1 Å². The Bertz CT molecular complexity index is 429.